The SMILES string of the molecule is Cc1ccc(N(C)Cc2scnc2C)c(/C=C/C(=O)O)c1. The van der Waals surface area contributed by atoms with E-state index >= 15 is 0 Å². The third kappa shape index (κ3) is 3.92. The van der Waals surface area contributed by atoms with Crippen LogP contribution in [0.5, 0.6) is 0 Å². The molecule has 0 bridgehead atoms. The molecule has 5 heteroatoms. The van der Waals surface area contributed by atoms with E-state index in [-0.39, 0.29) is 0 Å². The topological polar surface area (TPSA) is 53.4 Å². The molecule has 0 unspecified atom stereocenters. The van der Waals surface area contributed by atoms with E-state index in [1.807, 2.05) is 44.6 Å². The monoisotopic (exact) mass is 302 g/mol. The maximum atomic E-state index is 10.7. The number of aliphatic carboxylic acids is 1. The summed E-state index contributed by atoms with van der Waals surface area (Å²) in [6.07, 6.45) is 2.81. The van der Waals surface area contributed by atoms with Gasteiger partial charge in [0.1, 0.15) is 0 Å². The van der Waals surface area contributed by atoms with Crippen LogP contribution in [0.4, 0.5) is 5.69 Å². The largest absolute Gasteiger partial charge is 0.478 e. The van der Waals surface area contributed by atoms with Gasteiger partial charge >= 0.3 is 5.97 Å². The quantitative estimate of drug-likeness (QED) is 0.859. The van der Waals surface area contributed by atoms with Gasteiger partial charge in [-0.05, 0) is 37.6 Å². The molecule has 21 heavy (non-hydrogen) atoms. The number of benzene rings is 1. The lowest BCUT2D eigenvalue weighted by Gasteiger charge is -2.21. The smallest absolute Gasteiger partial charge is 0.328 e. The van der Waals surface area contributed by atoms with Crippen molar-refractivity contribution in [2.45, 2.75) is 20.4 Å². The highest BCUT2D eigenvalue weighted by atomic mass is 32.1. The van der Waals surface area contributed by atoms with Crippen LogP contribution in [0.3, 0.4) is 0 Å². The first kappa shape index (κ1) is 15.3. The molecule has 0 radical (unpaired) electrons. The Kier molecular flexibility index (Phi) is 4.75. The third-order valence-electron chi connectivity index (χ3n) is 3.23. The van der Waals surface area contributed by atoms with E-state index in [0.717, 1.165) is 29.1 Å². The second-order valence-electron chi connectivity index (χ2n) is 4.95. The van der Waals surface area contributed by atoms with Gasteiger partial charge in [-0.2, -0.15) is 0 Å². The molecule has 0 aliphatic rings. The van der Waals surface area contributed by atoms with Crippen molar-refractivity contribution in [2.24, 2.45) is 0 Å². The Hall–Kier alpha value is -2.14. The molecule has 0 atom stereocenters. The maximum absolute atomic E-state index is 10.7. The first-order chi connectivity index (χ1) is 9.97. The summed E-state index contributed by atoms with van der Waals surface area (Å²) in [5, 5.41) is 8.81. The molecule has 0 spiro atoms. The molecule has 0 saturated heterocycles. The highest BCUT2D eigenvalue weighted by Gasteiger charge is 2.10. The average Bonchev–Trinajstić information content (AvgIpc) is 2.82. The van der Waals surface area contributed by atoms with Crippen LogP contribution in [-0.4, -0.2) is 23.1 Å². The first-order valence-electron chi connectivity index (χ1n) is 6.59. The van der Waals surface area contributed by atoms with Gasteiger partial charge in [0.25, 0.3) is 0 Å². The van der Waals surface area contributed by atoms with E-state index in [9.17, 15) is 4.79 Å². The molecule has 110 valence electrons. The summed E-state index contributed by atoms with van der Waals surface area (Å²) in [6, 6.07) is 6.04. The second-order valence-corrected chi connectivity index (χ2v) is 5.89. The minimum atomic E-state index is -0.941. The average molecular weight is 302 g/mol. The molecule has 1 aromatic carbocycles. The Morgan fingerprint density at radius 2 is 2.19 bits per heavy atom. The fourth-order valence-electron chi connectivity index (χ4n) is 2.09. The number of aryl methyl sites for hydroxylation is 2. The van der Waals surface area contributed by atoms with E-state index in [4.69, 9.17) is 5.11 Å². The predicted octanol–water partition coefficient (Wildman–Crippen LogP) is 3.49. The van der Waals surface area contributed by atoms with Gasteiger partial charge < -0.3 is 10.0 Å². The molecule has 0 aliphatic heterocycles. The third-order valence-corrected chi connectivity index (χ3v) is 4.15. The summed E-state index contributed by atoms with van der Waals surface area (Å²) in [5.74, 6) is -0.941. The zero-order valence-corrected chi connectivity index (χ0v) is 13.1. The van der Waals surface area contributed by atoms with E-state index < -0.39 is 5.97 Å². The fraction of sp³-hybridized carbons (Fsp3) is 0.250. The number of rotatable bonds is 5. The van der Waals surface area contributed by atoms with Crippen molar-refractivity contribution in [3.63, 3.8) is 0 Å². The van der Waals surface area contributed by atoms with E-state index in [2.05, 4.69) is 9.88 Å². The molecule has 2 aromatic rings. The highest BCUT2D eigenvalue weighted by molar-refractivity contribution is 7.09. The van der Waals surface area contributed by atoms with Crippen LogP contribution in [-0.2, 0) is 11.3 Å². The Bertz CT molecular complexity index is 677. The predicted molar refractivity (Wildman–Crippen MR) is 86.8 cm³/mol. The van der Waals surface area contributed by atoms with Gasteiger partial charge in [0.2, 0.25) is 0 Å². The normalized spacial score (nSPS) is 11.0. The summed E-state index contributed by atoms with van der Waals surface area (Å²) in [5.41, 5.74) is 5.90. The number of anilines is 1. The number of carboxylic acids is 1. The van der Waals surface area contributed by atoms with Gasteiger partial charge in [0.15, 0.2) is 0 Å². The molecular weight excluding hydrogens is 284 g/mol. The van der Waals surface area contributed by atoms with E-state index in [0.29, 0.717) is 0 Å². The molecule has 0 amide bonds. The number of carbonyl (C=O) groups is 1. The minimum absolute atomic E-state index is 0.757. The summed E-state index contributed by atoms with van der Waals surface area (Å²) < 4.78 is 0. The lowest BCUT2D eigenvalue weighted by atomic mass is 10.1. The second kappa shape index (κ2) is 6.54. The summed E-state index contributed by atoms with van der Waals surface area (Å²) in [6.45, 7) is 4.75. The Morgan fingerprint density at radius 3 is 2.81 bits per heavy atom. The highest BCUT2D eigenvalue weighted by Crippen LogP contribution is 2.25. The summed E-state index contributed by atoms with van der Waals surface area (Å²) in [7, 11) is 2.00. The van der Waals surface area contributed by atoms with Crippen molar-refractivity contribution in [1.29, 1.82) is 0 Å². The van der Waals surface area contributed by atoms with Gasteiger partial charge in [-0.1, -0.05) is 11.6 Å². The van der Waals surface area contributed by atoms with E-state index in [1.165, 1.54) is 11.0 Å². The van der Waals surface area contributed by atoms with Crippen LogP contribution < -0.4 is 4.90 Å². The van der Waals surface area contributed by atoms with Crippen molar-refractivity contribution in [2.75, 3.05) is 11.9 Å². The molecule has 1 heterocycles. The maximum Gasteiger partial charge on any atom is 0.328 e. The van der Waals surface area contributed by atoms with Crippen molar-refractivity contribution in [1.82, 2.24) is 4.98 Å². The van der Waals surface area contributed by atoms with Crippen LogP contribution >= 0.6 is 11.3 Å². The van der Waals surface area contributed by atoms with Crippen molar-refractivity contribution >= 4 is 29.1 Å². The number of hydrogen-bond acceptors (Lipinski definition) is 4. The molecule has 2 rings (SSSR count). The van der Waals surface area contributed by atoms with Gasteiger partial charge in [-0.3, -0.25) is 0 Å². The number of hydrogen-bond donors (Lipinski definition) is 1. The molecule has 0 aliphatic carbocycles. The molecular formula is C16H18N2O2S. The molecule has 0 fully saturated rings. The Morgan fingerprint density at radius 1 is 1.43 bits per heavy atom. The lowest BCUT2D eigenvalue weighted by Crippen LogP contribution is -2.17. The number of nitrogens with zero attached hydrogens (tertiary/aromatic N) is 2. The standard InChI is InChI=1S/C16H18N2O2S/c1-11-4-6-14(13(8-11)5-7-16(19)20)18(3)9-15-12(2)17-10-21-15/h4-8,10H,9H2,1-3H3,(H,19,20)/b7-5+. The Labute approximate surface area is 128 Å². The molecule has 1 N–H and O–H groups in total. The van der Waals surface area contributed by atoms with Gasteiger partial charge in [0, 0.05) is 23.7 Å². The number of carboxylic acid groups (broad SMARTS) is 1. The molecule has 0 saturated carbocycles. The van der Waals surface area contributed by atoms with Crippen LogP contribution in [0.15, 0.2) is 29.8 Å². The minimum Gasteiger partial charge on any atom is -0.478 e. The number of thiazole rings is 1. The molecule has 1 aromatic heterocycles. The van der Waals surface area contributed by atoms with Crippen molar-refractivity contribution in [3.05, 3.63) is 51.5 Å². The summed E-state index contributed by atoms with van der Waals surface area (Å²) in [4.78, 5) is 18.3. The van der Waals surface area contributed by atoms with Crippen LogP contribution in [0, 0.1) is 13.8 Å². The van der Waals surface area contributed by atoms with Crippen LogP contribution in [0.1, 0.15) is 21.7 Å². The van der Waals surface area contributed by atoms with Gasteiger partial charge in [0.05, 0.1) is 17.7 Å². The van der Waals surface area contributed by atoms with Crippen molar-refractivity contribution in [3.8, 4) is 0 Å². The zero-order chi connectivity index (χ0) is 15.4. The number of aromatic nitrogens is 1. The van der Waals surface area contributed by atoms with Crippen LogP contribution in [0.2, 0.25) is 0 Å². The summed E-state index contributed by atoms with van der Waals surface area (Å²) >= 11 is 1.63. The van der Waals surface area contributed by atoms with Crippen molar-refractivity contribution < 1.29 is 9.90 Å². The van der Waals surface area contributed by atoms with Crippen LogP contribution in [0.25, 0.3) is 6.08 Å². The van der Waals surface area contributed by atoms with Gasteiger partial charge in [-0.15, -0.1) is 11.3 Å². The van der Waals surface area contributed by atoms with Gasteiger partial charge in [-0.25, -0.2) is 9.78 Å². The zero-order valence-electron chi connectivity index (χ0n) is 12.3. The molecule has 4 nitrogen and oxygen atoms in total. The lowest BCUT2D eigenvalue weighted by molar-refractivity contribution is -0.131. The first-order valence-corrected chi connectivity index (χ1v) is 7.47. The fourth-order valence-corrected chi connectivity index (χ4v) is 2.92. The Balaban J connectivity index is 2.29. The van der Waals surface area contributed by atoms with E-state index in [1.54, 1.807) is 17.4 Å².